The van der Waals surface area contributed by atoms with Crippen LogP contribution in [0.4, 0.5) is 0 Å². The van der Waals surface area contributed by atoms with Crippen LogP contribution in [0.2, 0.25) is 10.0 Å². The highest BCUT2D eigenvalue weighted by Gasteiger charge is 2.35. The molecular weight excluding hydrogens is 485 g/mol. The van der Waals surface area contributed by atoms with Crippen molar-refractivity contribution in [3.05, 3.63) is 99.0 Å². The molecule has 1 aliphatic rings. The first-order valence-electron chi connectivity index (χ1n) is 11.5. The van der Waals surface area contributed by atoms with Crippen LogP contribution in [-0.2, 0) is 35.4 Å². The molecule has 3 aromatic carbocycles. The van der Waals surface area contributed by atoms with Crippen molar-refractivity contribution < 1.29 is 19.4 Å². The van der Waals surface area contributed by atoms with E-state index in [4.69, 9.17) is 27.9 Å². The molecule has 182 valence electrons. The van der Waals surface area contributed by atoms with Gasteiger partial charge in [0.25, 0.3) is 0 Å². The van der Waals surface area contributed by atoms with Gasteiger partial charge in [0.15, 0.2) is 0 Å². The average Bonchev–Trinajstić information content (AvgIpc) is 3.14. The van der Waals surface area contributed by atoms with Gasteiger partial charge in [0.2, 0.25) is 5.91 Å². The van der Waals surface area contributed by atoms with Crippen molar-refractivity contribution in [2.75, 3.05) is 6.54 Å². The summed E-state index contributed by atoms with van der Waals surface area (Å²) < 4.78 is 6.28. The van der Waals surface area contributed by atoms with Crippen LogP contribution in [0.3, 0.4) is 0 Å². The Labute approximate surface area is 215 Å². The summed E-state index contributed by atoms with van der Waals surface area (Å²) in [5.74, 6) is -0.417. The number of carboxylic acids is 1. The van der Waals surface area contributed by atoms with Crippen molar-refractivity contribution in [3.8, 4) is 5.75 Å². The zero-order chi connectivity index (χ0) is 25.0. The first-order chi connectivity index (χ1) is 16.7. The van der Waals surface area contributed by atoms with Crippen molar-refractivity contribution in [3.63, 3.8) is 0 Å². The standard InChI is InChI=1S/C28H27Cl2NO4/c1-28(15-20-6-10-23(29)11-7-20)16-22-14-19(8-12-25(22)35-28)9-13-26(32)31(18-27(33)34)17-21-4-2-3-5-24(21)30/h2-8,10-12,14H,9,13,15-18H2,1H3,(H,33,34)/t28-/m1/s1. The summed E-state index contributed by atoms with van der Waals surface area (Å²) >= 11 is 12.2. The van der Waals surface area contributed by atoms with Gasteiger partial charge in [0.1, 0.15) is 17.9 Å². The van der Waals surface area contributed by atoms with Crippen LogP contribution in [-0.4, -0.2) is 34.0 Å². The molecule has 7 heteroatoms. The molecule has 0 radical (unpaired) electrons. The highest BCUT2D eigenvalue weighted by atomic mass is 35.5. The van der Waals surface area contributed by atoms with E-state index in [9.17, 15) is 14.7 Å². The quantitative estimate of drug-likeness (QED) is 0.383. The van der Waals surface area contributed by atoms with E-state index < -0.39 is 5.97 Å². The van der Waals surface area contributed by atoms with Crippen LogP contribution in [0.5, 0.6) is 5.75 Å². The number of amides is 1. The number of halogens is 2. The number of ether oxygens (including phenoxy) is 1. The van der Waals surface area contributed by atoms with E-state index in [1.54, 1.807) is 18.2 Å². The number of aryl methyl sites for hydroxylation is 1. The van der Waals surface area contributed by atoms with Crippen molar-refractivity contribution >= 4 is 35.1 Å². The molecule has 1 N–H and O–H groups in total. The molecule has 0 spiro atoms. The van der Waals surface area contributed by atoms with Gasteiger partial charge in [-0.05, 0) is 59.9 Å². The number of hydrogen-bond donors (Lipinski definition) is 1. The fourth-order valence-electron chi connectivity index (χ4n) is 4.50. The molecule has 0 saturated heterocycles. The molecular formula is C28H27Cl2NO4. The molecule has 0 aliphatic carbocycles. The fourth-order valence-corrected chi connectivity index (χ4v) is 4.82. The van der Waals surface area contributed by atoms with Crippen LogP contribution in [0, 0.1) is 0 Å². The zero-order valence-corrected chi connectivity index (χ0v) is 21.0. The van der Waals surface area contributed by atoms with E-state index in [0.717, 1.165) is 40.8 Å². The molecule has 1 amide bonds. The van der Waals surface area contributed by atoms with Gasteiger partial charge in [-0.2, -0.15) is 0 Å². The van der Waals surface area contributed by atoms with E-state index in [1.165, 1.54) is 4.90 Å². The van der Waals surface area contributed by atoms with Gasteiger partial charge in [0, 0.05) is 35.9 Å². The number of hydrogen-bond acceptors (Lipinski definition) is 3. The average molecular weight is 512 g/mol. The van der Waals surface area contributed by atoms with E-state index in [1.807, 2.05) is 42.5 Å². The lowest BCUT2D eigenvalue weighted by molar-refractivity contribution is -0.144. The maximum atomic E-state index is 12.9. The number of carbonyl (C=O) groups excluding carboxylic acids is 1. The molecule has 35 heavy (non-hydrogen) atoms. The van der Waals surface area contributed by atoms with Crippen molar-refractivity contribution in [1.29, 1.82) is 0 Å². The Morgan fingerprint density at radius 1 is 1.03 bits per heavy atom. The molecule has 0 fully saturated rings. The summed E-state index contributed by atoms with van der Waals surface area (Å²) in [5, 5.41) is 10.5. The number of carbonyl (C=O) groups is 2. The molecule has 1 heterocycles. The fraction of sp³-hybridized carbons (Fsp3) is 0.286. The third-order valence-electron chi connectivity index (χ3n) is 6.16. The van der Waals surface area contributed by atoms with E-state index in [2.05, 4.69) is 13.0 Å². The molecule has 0 bridgehead atoms. The Morgan fingerprint density at radius 2 is 1.74 bits per heavy atom. The van der Waals surface area contributed by atoms with Crippen LogP contribution in [0.1, 0.15) is 35.6 Å². The number of rotatable bonds is 9. The number of aliphatic carboxylic acids is 1. The Morgan fingerprint density at radius 3 is 2.46 bits per heavy atom. The molecule has 4 rings (SSSR count). The van der Waals surface area contributed by atoms with Crippen molar-refractivity contribution in [2.24, 2.45) is 0 Å². The highest BCUT2D eigenvalue weighted by molar-refractivity contribution is 6.31. The third-order valence-corrected chi connectivity index (χ3v) is 6.78. The minimum Gasteiger partial charge on any atom is -0.487 e. The van der Waals surface area contributed by atoms with Gasteiger partial charge in [-0.1, -0.05) is 65.7 Å². The summed E-state index contributed by atoms with van der Waals surface area (Å²) in [6, 6.07) is 21.0. The largest absolute Gasteiger partial charge is 0.487 e. The normalized spacial score (nSPS) is 16.4. The molecule has 0 unspecified atom stereocenters. The van der Waals surface area contributed by atoms with Crippen molar-refractivity contribution in [2.45, 2.75) is 44.8 Å². The minimum atomic E-state index is -1.06. The highest BCUT2D eigenvalue weighted by Crippen LogP contribution is 2.37. The molecule has 0 saturated carbocycles. The summed E-state index contributed by atoms with van der Waals surface area (Å²) in [5.41, 5.74) is 3.66. The Bertz CT molecular complexity index is 1230. The van der Waals surface area contributed by atoms with Gasteiger partial charge >= 0.3 is 5.97 Å². The SMILES string of the molecule is C[C@@]1(Cc2ccc(Cl)cc2)Cc2cc(CCC(=O)N(CC(=O)O)Cc3ccccc3Cl)ccc2O1. The Kier molecular flexibility index (Phi) is 7.68. The first kappa shape index (κ1) is 25.1. The summed E-state index contributed by atoms with van der Waals surface area (Å²) in [6.07, 6.45) is 2.25. The number of nitrogens with zero attached hydrogens (tertiary/aromatic N) is 1. The van der Waals surface area contributed by atoms with Gasteiger partial charge in [-0.3, -0.25) is 9.59 Å². The summed E-state index contributed by atoms with van der Waals surface area (Å²) in [7, 11) is 0. The molecule has 5 nitrogen and oxygen atoms in total. The van der Waals surface area contributed by atoms with Crippen LogP contribution in [0.15, 0.2) is 66.7 Å². The zero-order valence-electron chi connectivity index (χ0n) is 19.5. The maximum absolute atomic E-state index is 12.9. The van der Waals surface area contributed by atoms with Crippen LogP contribution < -0.4 is 4.74 Å². The lowest BCUT2D eigenvalue weighted by Gasteiger charge is -2.24. The lowest BCUT2D eigenvalue weighted by atomic mass is 9.91. The van der Waals surface area contributed by atoms with E-state index in [0.29, 0.717) is 16.5 Å². The Hall–Kier alpha value is -3.02. The third kappa shape index (κ3) is 6.56. The van der Waals surface area contributed by atoms with Gasteiger partial charge in [-0.15, -0.1) is 0 Å². The predicted octanol–water partition coefficient (Wildman–Crippen LogP) is 5.98. The second kappa shape index (κ2) is 10.7. The topological polar surface area (TPSA) is 66.8 Å². The van der Waals surface area contributed by atoms with Gasteiger partial charge in [0.05, 0.1) is 0 Å². The smallest absolute Gasteiger partial charge is 0.323 e. The van der Waals surface area contributed by atoms with Crippen molar-refractivity contribution in [1.82, 2.24) is 4.90 Å². The monoisotopic (exact) mass is 511 g/mol. The van der Waals surface area contributed by atoms with Gasteiger partial charge < -0.3 is 14.7 Å². The Balaban J connectivity index is 1.39. The number of benzene rings is 3. The minimum absolute atomic E-state index is 0.159. The number of fused-ring (bicyclic) bond motifs is 1. The molecule has 0 aromatic heterocycles. The van der Waals surface area contributed by atoms with Crippen LogP contribution >= 0.6 is 23.2 Å². The van der Waals surface area contributed by atoms with E-state index >= 15 is 0 Å². The van der Waals surface area contributed by atoms with Crippen LogP contribution in [0.25, 0.3) is 0 Å². The second-order valence-corrected chi connectivity index (χ2v) is 10.1. The molecule has 1 aliphatic heterocycles. The predicted molar refractivity (Wildman–Crippen MR) is 137 cm³/mol. The summed E-state index contributed by atoms with van der Waals surface area (Å²) in [4.78, 5) is 25.6. The maximum Gasteiger partial charge on any atom is 0.323 e. The van der Waals surface area contributed by atoms with Gasteiger partial charge in [-0.25, -0.2) is 0 Å². The second-order valence-electron chi connectivity index (χ2n) is 9.21. The number of carboxylic acid groups (broad SMARTS) is 1. The first-order valence-corrected chi connectivity index (χ1v) is 12.2. The van der Waals surface area contributed by atoms with E-state index in [-0.39, 0.29) is 31.0 Å². The molecule has 1 atom stereocenters. The summed E-state index contributed by atoms with van der Waals surface area (Å²) in [6.45, 7) is 1.89. The lowest BCUT2D eigenvalue weighted by Crippen LogP contribution is -2.35. The molecule has 3 aromatic rings.